The molecule has 0 saturated heterocycles. The summed E-state index contributed by atoms with van der Waals surface area (Å²) in [5.41, 5.74) is 0.706. The highest BCUT2D eigenvalue weighted by Gasteiger charge is 2.35. The first-order valence-electron chi connectivity index (χ1n) is 9.48. The number of unbranched alkanes of at least 4 members (excludes halogenated alkanes) is 2. The average molecular weight is 404 g/mol. The van der Waals surface area contributed by atoms with Crippen molar-refractivity contribution in [1.82, 2.24) is 4.90 Å². The Labute approximate surface area is 164 Å². The molecular weight excluding hydrogens is 380 g/mol. The summed E-state index contributed by atoms with van der Waals surface area (Å²) in [4.78, 5) is 26.7. The number of nitrogens with one attached hydrogen (secondary N) is 1. The van der Waals surface area contributed by atoms with Gasteiger partial charge in [0.1, 0.15) is 4.90 Å². The number of carbonyl (C=O) groups excluding carboxylic acids is 2. The first-order chi connectivity index (χ1) is 13.3. The summed E-state index contributed by atoms with van der Waals surface area (Å²) in [6.45, 7) is 4.73. The van der Waals surface area contributed by atoms with Crippen molar-refractivity contribution < 1.29 is 22.6 Å². The number of hydrogen-bond acceptors (Lipinski definition) is 5. The maximum Gasteiger partial charge on any atom is 0.296 e. The smallest absolute Gasteiger partial charge is 0.296 e. The van der Waals surface area contributed by atoms with Crippen LogP contribution in [0.5, 0.6) is 0 Å². The molecular formula is C20H24N2O5S. The largest absolute Gasteiger partial charge is 0.383 e. The Morgan fingerprint density at radius 1 is 1.04 bits per heavy atom. The van der Waals surface area contributed by atoms with Crippen LogP contribution in [-0.2, 0) is 10.1 Å². The molecule has 0 unspecified atom stereocenters. The summed E-state index contributed by atoms with van der Waals surface area (Å²) >= 11 is 0. The van der Waals surface area contributed by atoms with Crippen molar-refractivity contribution in [3.8, 4) is 0 Å². The summed E-state index contributed by atoms with van der Waals surface area (Å²) in [5.74, 6) is -0.914. The lowest BCUT2D eigenvalue weighted by atomic mass is 9.92. The molecule has 0 bridgehead atoms. The lowest BCUT2D eigenvalue weighted by Gasteiger charge is -2.28. The molecule has 0 saturated carbocycles. The zero-order valence-electron chi connectivity index (χ0n) is 16.0. The minimum absolute atomic E-state index is 0.120. The van der Waals surface area contributed by atoms with Crippen molar-refractivity contribution >= 4 is 38.4 Å². The van der Waals surface area contributed by atoms with Crippen LogP contribution in [0.4, 0.5) is 5.69 Å². The van der Waals surface area contributed by atoms with E-state index in [9.17, 15) is 22.6 Å². The molecule has 2 aromatic carbocycles. The molecule has 150 valence electrons. The zero-order valence-corrected chi connectivity index (χ0v) is 16.8. The Morgan fingerprint density at radius 3 is 2.36 bits per heavy atom. The summed E-state index contributed by atoms with van der Waals surface area (Å²) in [6, 6.07) is 6.14. The molecule has 0 fully saturated rings. The Kier molecular flexibility index (Phi) is 5.71. The number of rotatable bonds is 8. The van der Waals surface area contributed by atoms with Crippen molar-refractivity contribution in [1.29, 1.82) is 0 Å². The van der Waals surface area contributed by atoms with Crippen molar-refractivity contribution in [3.05, 3.63) is 35.4 Å². The van der Waals surface area contributed by atoms with E-state index in [4.69, 9.17) is 0 Å². The highest BCUT2D eigenvalue weighted by atomic mass is 32.2. The van der Waals surface area contributed by atoms with Gasteiger partial charge in [0.15, 0.2) is 0 Å². The van der Waals surface area contributed by atoms with E-state index in [-0.39, 0.29) is 28.6 Å². The van der Waals surface area contributed by atoms with E-state index in [0.717, 1.165) is 24.2 Å². The lowest BCUT2D eigenvalue weighted by molar-refractivity contribution is 0.0608. The van der Waals surface area contributed by atoms with Crippen LogP contribution in [0, 0.1) is 0 Å². The second kappa shape index (κ2) is 7.89. The quantitative estimate of drug-likeness (QED) is 0.395. The summed E-state index contributed by atoms with van der Waals surface area (Å²) < 4.78 is 33.9. The third-order valence-electron chi connectivity index (χ3n) is 4.92. The molecule has 0 aromatic heterocycles. The number of carbonyl (C=O) groups is 2. The maximum atomic E-state index is 13.0. The second-order valence-electron chi connectivity index (χ2n) is 6.90. The van der Waals surface area contributed by atoms with E-state index in [2.05, 4.69) is 5.32 Å². The van der Waals surface area contributed by atoms with E-state index in [1.807, 2.05) is 13.8 Å². The Bertz CT molecular complexity index is 1050. The van der Waals surface area contributed by atoms with Crippen molar-refractivity contribution in [2.75, 3.05) is 18.4 Å². The number of benzene rings is 2. The molecule has 1 aliphatic heterocycles. The number of amides is 2. The van der Waals surface area contributed by atoms with Gasteiger partial charge in [-0.2, -0.15) is 8.42 Å². The summed E-state index contributed by atoms with van der Waals surface area (Å²) in [7, 11) is -4.57. The van der Waals surface area contributed by atoms with Gasteiger partial charge in [-0.1, -0.05) is 38.8 Å². The third-order valence-corrected chi connectivity index (χ3v) is 5.80. The van der Waals surface area contributed by atoms with Gasteiger partial charge < -0.3 is 5.32 Å². The van der Waals surface area contributed by atoms with Crippen LogP contribution in [0.1, 0.15) is 60.2 Å². The van der Waals surface area contributed by atoms with E-state index < -0.39 is 16.0 Å². The van der Waals surface area contributed by atoms with E-state index in [1.165, 1.54) is 6.07 Å². The Morgan fingerprint density at radius 2 is 1.71 bits per heavy atom. The first kappa shape index (κ1) is 20.3. The third kappa shape index (κ3) is 3.49. The van der Waals surface area contributed by atoms with E-state index >= 15 is 0 Å². The van der Waals surface area contributed by atoms with Gasteiger partial charge in [0.05, 0.1) is 11.3 Å². The molecule has 7 nitrogen and oxygen atoms in total. The maximum absolute atomic E-state index is 13.0. The lowest BCUT2D eigenvalue weighted by Crippen LogP contribution is -2.41. The molecule has 2 aromatic rings. The number of hydrogen-bond donors (Lipinski definition) is 2. The number of nitrogens with zero attached hydrogens (tertiary/aromatic N) is 1. The van der Waals surface area contributed by atoms with Crippen molar-refractivity contribution in [3.63, 3.8) is 0 Å². The van der Waals surface area contributed by atoms with Gasteiger partial charge in [0.2, 0.25) is 0 Å². The van der Waals surface area contributed by atoms with Gasteiger partial charge >= 0.3 is 0 Å². The van der Waals surface area contributed by atoms with E-state index in [1.54, 1.807) is 18.2 Å². The molecule has 0 aliphatic carbocycles. The van der Waals surface area contributed by atoms with Crippen LogP contribution in [0.25, 0.3) is 10.8 Å². The fourth-order valence-corrected chi connectivity index (χ4v) is 4.19. The van der Waals surface area contributed by atoms with Gasteiger partial charge in [0.25, 0.3) is 21.9 Å². The number of anilines is 1. The van der Waals surface area contributed by atoms with Crippen LogP contribution in [0.2, 0.25) is 0 Å². The predicted octanol–water partition coefficient (Wildman–Crippen LogP) is 3.69. The molecule has 0 atom stereocenters. The van der Waals surface area contributed by atoms with Crippen LogP contribution in [0.3, 0.4) is 0 Å². The molecule has 2 N–H and O–H groups in total. The summed E-state index contributed by atoms with van der Waals surface area (Å²) in [6.07, 6.45) is 3.17. The van der Waals surface area contributed by atoms with Crippen molar-refractivity contribution in [2.45, 2.75) is 44.4 Å². The second-order valence-corrected chi connectivity index (χ2v) is 8.29. The Hall–Kier alpha value is -2.45. The molecule has 3 rings (SSSR count). The molecule has 0 spiro atoms. The predicted molar refractivity (Wildman–Crippen MR) is 107 cm³/mol. The van der Waals surface area contributed by atoms with Gasteiger partial charge in [-0.3, -0.25) is 19.0 Å². The van der Waals surface area contributed by atoms with Crippen LogP contribution < -0.4 is 5.32 Å². The van der Waals surface area contributed by atoms with Crippen molar-refractivity contribution in [2.24, 2.45) is 0 Å². The average Bonchev–Trinajstić information content (AvgIpc) is 2.65. The van der Waals surface area contributed by atoms with Crippen LogP contribution in [-0.4, -0.2) is 42.8 Å². The molecule has 28 heavy (non-hydrogen) atoms. The normalized spacial score (nSPS) is 14.0. The SMILES string of the molecule is CCCCNc1c(S(=O)(=O)O)cc2c3c(cccc13)C(=O)N(CCCC)C2=O. The van der Waals surface area contributed by atoms with Gasteiger partial charge in [0, 0.05) is 29.4 Å². The molecule has 1 aliphatic rings. The monoisotopic (exact) mass is 404 g/mol. The van der Waals surface area contributed by atoms with Gasteiger partial charge in [-0.05, 0) is 25.0 Å². The van der Waals surface area contributed by atoms with Gasteiger partial charge in [-0.25, -0.2) is 0 Å². The van der Waals surface area contributed by atoms with Gasteiger partial charge in [-0.15, -0.1) is 0 Å². The topological polar surface area (TPSA) is 104 Å². The van der Waals surface area contributed by atoms with Crippen LogP contribution >= 0.6 is 0 Å². The molecule has 2 amide bonds. The fourth-order valence-electron chi connectivity index (χ4n) is 3.48. The van der Waals surface area contributed by atoms with E-state index in [0.29, 0.717) is 29.3 Å². The summed E-state index contributed by atoms with van der Waals surface area (Å²) in [5, 5.41) is 3.93. The number of imide groups is 1. The minimum Gasteiger partial charge on any atom is -0.383 e. The standard InChI is InChI=1S/C20H24N2O5S/c1-3-5-10-21-18-13-8-7-9-14-17(13)15(12-16(18)28(25,26)27)20(24)22(19(14)23)11-6-4-2/h7-9,12,21H,3-6,10-11H2,1-2H3,(H,25,26,27). The highest BCUT2D eigenvalue weighted by molar-refractivity contribution is 7.86. The minimum atomic E-state index is -4.57. The van der Waals surface area contributed by atoms with Crippen LogP contribution in [0.15, 0.2) is 29.2 Å². The molecule has 1 heterocycles. The molecule has 8 heteroatoms. The first-order valence-corrected chi connectivity index (χ1v) is 10.9. The highest BCUT2D eigenvalue weighted by Crippen LogP contribution is 2.38. The zero-order chi connectivity index (χ0) is 20.5. The Balaban J connectivity index is 2.28. The fraction of sp³-hybridized carbons (Fsp3) is 0.400. The molecule has 0 radical (unpaired) electrons.